The quantitative estimate of drug-likeness (QED) is 0.560. The zero-order valence-electron chi connectivity index (χ0n) is 13.0. The van der Waals surface area contributed by atoms with Crippen molar-refractivity contribution in [3.63, 3.8) is 0 Å². The maximum Gasteiger partial charge on any atom is 0.338 e. The molecule has 0 aliphatic carbocycles. The van der Waals surface area contributed by atoms with Gasteiger partial charge in [-0.15, -0.1) is 11.3 Å². The average molecular weight is 497 g/mol. The Labute approximate surface area is 161 Å². The number of ether oxygens (including phenoxy) is 1. The molecule has 1 aromatic carbocycles. The number of esters is 1. The fourth-order valence-corrected chi connectivity index (χ4v) is 5.76. The minimum absolute atomic E-state index is 0.105. The molecule has 5 nitrogen and oxygen atoms in total. The van der Waals surface area contributed by atoms with Gasteiger partial charge in [0.05, 0.1) is 20.9 Å². The molecule has 0 N–H and O–H groups in total. The molecule has 0 saturated carbocycles. The number of sulfonamides is 1. The summed E-state index contributed by atoms with van der Waals surface area (Å²) < 4.78 is 32.9. The average Bonchev–Trinajstić information content (AvgIpc) is 2.92. The fraction of sp³-hybridized carbons (Fsp3) is 0.267. The standard InChI is InChI=1S/C15H15Br2NO4S2/c1-3-22-15(19)10-4-6-13(12(16)8-10)24(20,21)18(2)9-11-5-7-14(17)23-11/h4-8H,3,9H2,1-2H3. The smallest absolute Gasteiger partial charge is 0.338 e. The molecular formula is C15H15Br2NO4S2. The molecule has 0 unspecified atom stereocenters. The van der Waals surface area contributed by atoms with Gasteiger partial charge in [0, 0.05) is 22.9 Å². The number of benzene rings is 1. The van der Waals surface area contributed by atoms with Crippen molar-refractivity contribution >= 4 is 59.2 Å². The van der Waals surface area contributed by atoms with Crippen molar-refractivity contribution in [3.05, 3.63) is 49.0 Å². The van der Waals surface area contributed by atoms with Gasteiger partial charge in [-0.1, -0.05) is 0 Å². The normalized spacial score (nSPS) is 11.7. The van der Waals surface area contributed by atoms with Gasteiger partial charge in [-0.25, -0.2) is 13.2 Å². The Balaban J connectivity index is 2.26. The summed E-state index contributed by atoms with van der Waals surface area (Å²) in [5.74, 6) is -0.487. The van der Waals surface area contributed by atoms with Crippen LogP contribution in [0.5, 0.6) is 0 Å². The van der Waals surface area contributed by atoms with E-state index in [0.717, 1.165) is 8.66 Å². The lowest BCUT2D eigenvalue weighted by Crippen LogP contribution is -2.26. The van der Waals surface area contributed by atoms with Gasteiger partial charge in [0.2, 0.25) is 10.0 Å². The Morgan fingerprint density at radius 3 is 2.50 bits per heavy atom. The van der Waals surface area contributed by atoms with Gasteiger partial charge in [0.1, 0.15) is 0 Å². The van der Waals surface area contributed by atoms with Crippen LogP contribution in [0.25, 0.3) is 0 Å². The number of carbonyl (C=O) groups is 1. The second-order valence-corrected chi connectivity index (χ2v) is 10.2. The molecular weight excluding hydrogens is 482 g/mol. The molecule has 1 heterocycles. The predicted molar refractivity (Wildman–Crippen MR) is 101 cm³/mol. The van der Waals surface area contributed by atoms with Crippen molar-refractivity contribution in [1.29, 1.82) is 0 Å². The van der Waals surface area contributed by atoms with Crippen molar-refractivity contribution in [2.75, 3.05) is 13.7 Å². The predicted octanol–water partition coefficient (Wildman–Crippen LogP) is 4.27. The summed E-state index contributed by atoms with van der Waals surface area (Å²) in [6.45, 7) is 2.24. The molecule has 1 aromatic heterocycles. The van der Waals surface area contributed by atoms with Gasteiger partial charge in [-0.2, -0.15) is 4.31 Å². The minimum atomic E-state index is -3.69. The Morgan fingerprint density at radius 1 is 1.25 bits per heavy atom. The summed E-state index contributed by atoms with van der Waals surface area (Å²) in [5, 5.41) is 0. The Morgan fingerprint density at radius 2 is 1.96 bits per heavy atom. The number of hydrogen-bond acceptors (Lipinski definition) is 5. The van der Waals surface area contributed by atoms with E-state index in [2.05, 4.69) is 31.9 Å². The highest BCUT2D eigenvalue weighted by atomic mass is 79.9. The number of rotatable bonds is 6. The lowest BCUT2D eigenvalue weighted by molar-refractivity contribution is 0.0526. The summed E-state index contributed by atoms with van der Waals surface area (Å²) in [6, 6.07) is 8.07. The van der Waals surface area contributed by atoms with E-state index in [9.17, 15) is 13.2 Å². The maximum atomic E-state index is 12.7. The largest absolute Gasteiger partial charge is 0.462 e. The van der Waals surface area contributed by atoms with E-state index in [0.29, 0.717) is 10.0 Å². The second kappa shape index (κ2) is 8.09. The van der Waals surface area contributed by atoms with E-state index >= 15 is 0 Å². The molecule has 0 radical (unpaired) electrons. The topological polar surface area (TPSA) is 63.7 Å². The van der Waals surface area contributed by atoms with Crippen LogP contribution in [0, 0.1) is 0 Å². The van der Waals surface area contributed by atoms with Crippen molar-refractivity contribution < 1.29 is 17.9 Å². The van der Waals surface area contributed by atoms with Gasteiger partial charge >= 0.3 is 5.97 Å². The number of carbonyl (C=O) groups excluding carboxylic acids is 1. The van der Waals surface area contributed by atoms with Crippen LogP contribution < -0.4 is 0 Å². The molecule has 2 aromatic rings. The van der Waals surface area contributed by atoms with Crippen LogP contribution >= 0.6 is 43.2 Å². The lowest BCUT2D eigenvalue weighted by Gasteiger charge is -2.17. The van der Waals surface area contributed by atoms with Crippen molar-refractivity contribution in [3.8, 4) is 0 Å². The number of nitrogens with zero attached hydrogens (tertiary/aromatic N) is 1. The molecule has 0 atom stereocenters. The molecule has 0 bridgehead atoms. The fourth-order valence-electron chi connectivity index (χ4n) is 1.96. The van der Waals surface area contributed by atoms with Gasteiger partial charge in [-0.05, 0) is 69.1 Å². The van der Waals surface area contributed by atoms with Gasteiger partial charge in [-0.3, -0.25) is 0 Å². The molecule has 130 valence electrons. The molecule has 0 amide bonds. The zero-order valence-corrected chi connectivity index (χ0v) is 17.8. The minimum Gasteiger partial charge on any atom is -0.462 e. The summed E-state index contributed by atoms with van der Waals surface area (Å²) >= 11 is 8.09. The van der Waals surface area contributed by atoms with Crippen molar-refractivity contribution in [2.24, 2.45) is 0 Å². The number of halogens is 2. The summed E-state index contributed by atoms with van der Waals surface area (Å²) in [7, 11) is -2.17. The molecule has 0 aliphatic heterocycles. The third-order valence-electron chi connectivity index (χ3n) is 3.14. The van der Waals surface area contributed by atoms with Crippen LogP contribution in [0.1, 0.15) is 22.2 Å². The van der Waals surface area contributed by atoms with E-state index in [4.69, 9.17) is 4.74 Å². The van der Waals surface area contributed by atoms with Crippen molar-refractivity contribution in [2.45, 2.75) is 18.4 Å². The first kappa shape index (κ1) is 19.6. The van der Waals surface area contributed by atoms with Crippen LogP contribution in [-0.2, 0) is 21.3 Å². The van der Waals surface area contributed by atoms with Crippen LogP contribution in [-0.4, -0.2) is 32.3 Å². The van der Waals surface area contributed by atoms with E-state index in [-0.39, 0.29) is 18.0 Å². The van der Waals surface area contributed by atoms with Crippen molar-refractivity contribution in [1.82, 2.24) is 4.31 Å². The van der Waals surface area contributed by atoms with Gasteiger partial charge in [0.15, 0.2) is 0 Å². The van der Waals surface area contributed by atoms with E-state index in [1.54, 1.807) is 6.92 Å². The van der Waals surface area contributed by atoms with Crippen LogP contribution in [0.3, 0.4) is 0 Å². The Kier molecular flexibility index (Phi) is 6.60. The first-order valence-electron chi connectivity index (χ1n) is 6.93. The molecule has 0 spiro atoms. The Bertz CT molecular complexity index is 849. The highest BCUT2D eigenvalue weighted by molar-refractivity contribution is 9.11. The Hall–Kier alpha value is -0.740. The molecule has 2 rings (SSSR count). The maximum absolute atomic E-state index is 12.7. The summed E-state index contributed by atoms with van der Waals surface area (Å²) in [6.07, 6.45) is 0. The monoisotopic (exact) mass is 495 g/mol. The highest BCUT2D eigenvalue weighted by Crippen LogP contribution is 2.29. The molecule has 0 saturated heterocycles. The van der Waals surface area contributed by atoms with Crippen LogP contribution in [0.4, 0.5) is 0 Å². The molecule has 24 heavy (non-hydrogen) atoms. The third kappa shape index (κ3) is 4.45. The molecule has 0 fully saturated rings. The van der Waals surface area contributed by atoms with Gasteiger partial charge < -0.3 is 4.74 Å². The lowest BCUT2D eigenvalue weighted by atomic mass is 10.2. The third-order valence-corrected chi connectivity index (χ3v) is 7.53. The van der Waals surface area contributed by atoms with E-state index in [1.165, 1.54) is 40.9 Å². The second-order valence-electron chi connectivity index (χ2n) is 4.83. The highest BCUT2D eigenvalue weighted by Gasteiger charge is 2.25. The van der Waals surface area contributed by atoms with Crippen LogP contribution in [0.15, 0.2) is 43.5 Å². The number of hydrogen-bond donors (Lipinski definition) is 0. The first-order chi connectivity index (χ1) is 11.3. The summed E-state index contributed by atoms with van der Waals surface area (Å²) in [4.78, 5) is 12.8. The molecule has 0 aliphatic rings. The van der Waals surface area contributed by atoms with E-state index < -0.39 is 16.0 Å². The SMILES string of the molecule is CCOC(=O)c1ccc(S(=O)(=O)N(C)Cc2ccc(Br)s2)c(Br)c1. The van der Waals surface area contributed by atoms with E-state index in [1.807, 2.05) is 12.1 Å². The summed E-state index contributed by atoms with van der Waals surface area (Å²) in [5.41, 5.74) is 0.299. The first-order valence-corrected chi connectivity index (χ1v) is 10.8. The van der Waals surface area contributed by atoms with Gasteiger partial charge in [0.25, 0.3) is 0 Å². The number of thiophene rings is 1. The van der Waals surface area contributed by atoms with Crippen LogP contribution in [0.2, 0.25) is 0 Å². The molecule has 9 heteroatoms. The zero-order chi connectivity index (χ0) is 17.9.